The summed E-state index contributed by atoms with van der Waals surface area (Å²) in [6.07, 6.45) is 0.444. The summed E-state index contributed by atoms with van der Waals surface area (Å²) >= 11 is 2.58. The lowest BCUT2D eigenvalue weighted by Gasteiger charge is -2.15. The van der Waals surface area contributed by atoms with E-state index in [-0.39, 0.29) is 18.1 Å². The fourth-order valence-electron chi connectivity index (χ4n) is 1.33. The number of carbonyl (C=O) groups is 3. The molecule has 0 aromatic carbocycles. The predicted molar refractivity (Wildman–Crippen MR) is 81.7 cm³/mol. The summed E-state index contributed by atoms with van der Waals surface area (Å²) in [5.74, 6) is -1.35. The molecule has 8 heteroatoms. The van der Waals surface area contributed by atoms with Crippen LogP contribution in [0.15, 0.2) is 9.72 Å². The highest BCUT2D eigenvalue weighted by Gasteiger charge is 2.29. The van der Waals surface area contributed by atoms with Gasteiger partial charge in [0.1, 0.15) is 10.5 Å². The highest BCUT2D eigenvalue weighted by atomic mass is 32.2. The number of carboxylic acid groups (broad SMARTS) is 1. The van der Waals surface area contributed by atoms with Gasteiger partial charge in [-0.15, -0.1) is 11.3 Å². The molecule has 21 heavy (non-hydrogen) atoms. The molecule has 0 saturated carbocycles. The van der Waals surface area contributed by atoms with E-state index in [1.54, 1.807) is 13.8 Å². The second-order valence-electron chi connectivity index (χ2n) is 5.00. The maximum absolute atomic E-state index is 11.3. The predicted octanol–water partition coefficient (Wildman–Crippen LogP) is 1.74. The summed E-state index contributed by atoms with van der Waals surface area (Å²) in [6.45, 7) is 5.03. The molecule has 1 rings (SSSR count). The van der Waals surface area contributed by atoms with Crippen molar-refractivity contribution in [2.45, 2.75) is 42.7 Å². The van der Waals surface area contributed by atoms with Crippen LogP contribution in [0.4, 0.5) is 0 Å². The number of aromatic nitrogens is 1. The zero-order valence-electron chi connectivity index (χ0n) is 12.1. The minimum Gasteiger partial charge on any atom is -0.480 e. The second-order valence-corrected chi connectivity index (χ2v) is 7.73. The fourth-order valence-corrected chi connectivity index (χ4v) is 3.56. The van der Waals surface area contributed by atoms with Gasteiger partial charge in [0.2, 0.25) is 5.91 Å². The van der Waals surface area contributed by atoms with E-state index < -0.39 is 10.7 Å². The van der Waals surface area contributed by atoms with Crippen molar-refractivity contribution in [1.82, 2.24) is 10.3 Å². The summed E-state index contributed by atoms with van der Waals surface area (Å²) in [7, 11) is 0. The van der Waals surface area contributed by atoms with E-state index in [2.05, 4.69) is 10.3 Å². The third-order valence-corrected chi connectivity index (χ3v) is 4.67. The van der Waals surface area contributed by atoms with Crippen molar-refractivity contribution in [1.29, 1.82) is 0 Å². The number of nitrogens with one attached hydrogen (secondary N) is 1. The Kier molecular flexibility index (Phi) is 6.35. The van der Waals surface area contributed by atoms with Crippen molar-refractivity contribution in [3.63, 3.8) is 0 Å². The van der Waals surface area contributed by atoms with Gasteiger partial charge in [0, 0.05) is 18.3 Å². The number of amides is 1. The van der Waals surface area contributed by atoms with Crippen LogP contribution in [0.2, 0.25) is 0 Å². The number of ketones is 1. The Labute approximate surface area is 131 Å². The van der Waals surface area contributed by atoms with Crippen LogP contribution in [0.25, 0.3) is 0 Å². The summed E-state index contributed by atoms with van der Waals surface area (Å²) in [5, 5.41) is 13.6. The molecule has 0 unspecified atom stereocenters. The molecule has 116 valence electrons. The number of aliphatic carboxylic acids is 1. The molecule has 1 aromatic heterocycles. The van der Waals surface area contributed by atoms with Gasteiger partial charge in [0.05, 0.1) is 12.1 Å². The molecule has 0 fully saturated rings. The number of hydrogen-bond donors (Lipinski definition) is 2. The minimum absolute atomic E-state index is 0.106. The van der Waals surface area contributed by atoms with Gasteiger partial charge in [0.15, 0.2) is 4.34 Å². The molecule has 0 saturated heterocycles. The van der Waals surface area contributed by atoms with Gasteiger partial charge in [-0.05, 0) is 20.8 Å². The molecule has 0 aliphatic carbocycles. The van der Waals surface area contributed by atoms with Crippen LogP contribution < -0.4 is 5.32 Å². The lowest BCUT2D eigenvalue weighted by molar-refractivity contribution is -0.139. The van der Waals surface area contributed by atoms with Crippen molar-refractivity contribution < 1.29 is 19.5 Å². The number of nitrogens with zero attached hydrogens (tertiary/aromatic N) is 1. The number of Topliss-reactive ketones (excluding diaryl/α,β-unsaturated/α-hetero) is 1. The standard InChI is InChI=1S/C13H18N2O4S2/c1-8(16)6-10(17)14-5-4-9-7-20-12(15-9)21-13(2,3)11(18)19/h7H,4-6H2,1-3H3,(H,14,17)(H,18,19). The highest BCUT2D eigenvalue weighted by Crippen LogP contribution is 2.34. The average molecular weight is 330 g/mol. The summed E-state index contributed by atoms with van der Waals surface area (Å²) < 4.78 is -0.238. The molecule has 1 aromatic rings. The molecule has 1 heterocycles. The van der Waals surface area contributed by atoms with Gasteiger partial charge in [-0.2, -0.15) is 0 Å². The van der Waals surface area contributed by atoms with E-state index >= 15 is 0 Å². The van der Waals surface area contributed by atoms with Crippen molar-refractivity contribution in [2.24, 2.45) is 0 Å². The van der Waals surface area contributed by atoms with Crippen LogP contribution in [-0.2, 0) is 20.8 Å². The lowest BCUT2D eigenvalue weighted by atomic mass is 10.2. The number of hydrogen-bond acceptors (Lipinski definition) is 6. The zero-order valence-corrected chi connectivity index (χ0v) is 13.8. The highest BCUT2D eigenvalue weighted by molar-refractivity contribution is 8.02. The molecule has 0 atom stereocenters. The van der Waals surface area contributed by atoms with Crippen LogP contribution >= 0.6 is 23.1 Å². The topological polar surface area (TPSA) is 96.4 Å². The monoisotopic (exact) mass is 330 g/mol. The number of carboxylic acids is 1. The van der Waals surface area contributed by atoms with Crippen molar-refractivity contribution in [3.05, 3.63) is 11.1 Å². The maximum Gasteiger partial charge on any atom is 0.319 e. The van der Waals surface area contributed by atoms with Crippen LogP contribution in [0, 0.1) is 0 Å². The average Bonchev–Trinajstić information content (AvgIpc) is 2.74. The van der Waals surface area contributed by atoms with Gasteiger partial charge in [-0.1, -0.05) is 11.8 Å². The summed E-state index contributed by atoms with van der Waals surface area (Å²) in [5.41, 5.74) is 0.798. The molecular weight excluding hydrogens is 312 g/mol. The van der Waals surface area contributed by atoms with E-state index in [1.165, 1.54) is 30.0 Å². The SMILES string of the molecule is CC(=O)CC(=O)NCCc1csc(SC(C)(C)C(=O)O)n1. The summed E-state index contributed by atoms with van der Waals surface area (Å²) in [6, 6.07) is 0. The second kappa shape index (κ2) is 7.56. The molecule has 0 aliphatic heterocycles. The largest absolute Gasteiger partial charge is 0.480 e. The normalized spacial score (nSPS) is 11.2. The third-order valence-electron chi connectivity index (χ3n) is 2.50. The molecule has 0 radical (unpaired) electrons. The Hall–Kier alpha value is -1.41. The number of carbonyl (C=O) groups excluding carboxylic acids is 2. The molecular formula is C13H18N2O4S2. The molecule has 0 aliphatic rings. The first-order chi connectivity index (χ1) is 9.70. The molecule has 0 spiro atoms. The third kappa shape index (κ3) is 6.26. The smallest absolute Gasteiger partial charge is 0.319 e. The quantitative estimate of drug-likeness (QED) is 0.557. The Morgan fingerprint density at radius 3 is 2.67 bits per heavy atom. The lowest BCUT2D eigenvalue weighted by Crippen LogP contribution is -2.27. The van der Waals surface area contributed by atoms with Crippen LogP contribution in [0.3, 0.4) is 0 Å². The molecule has 6 nitrogen and oxygen atoms in total. The fraction of sp³-hybridized carbons (Fsp3) is 0.538. The Morgan fingerprint density at radius 1 is 1.43 bits per heavy atom. The van der Waals surface area contributed by atoms with E-state index in [1.807, 2.05) is 5.38 Å². The minimum atomic E-state index is -0.926. The van der Waals surface area contributed by atoms with Gasteiger partial charge in [-0.25, -0.2) is 4.98 Å². The van der Waals surface area contributed by atoms with Crippen LogP contribution in [-0.4, -0.2) is 39.0 Å². The van der Waals surface area contributed by atoms with E-state index in [0.717, 1.165) is 5.69 Å². The van der Waals surface area contributed by atoms with Crippen molar-refractivity contribution >= 4 is 40.8 Å². The van der Waals surface area contributed by atoms with Crippen molar-refractivity contribution in [2.75, 3.05) is 6.54 Å². The van der Waals surface area contributed by atoms with Crippen LogP contribution in [0.1, 0.15) is 32.9 Å². The first kappa shape index (κ1) is 17.6. The molecule has 2 N–H and O–H groups in total. The molecule has 0 bridgehead atoms. The zero-order chi connectivity index (χ0) is 16.0. The first-order valence-corrected chi connectivity index (χ1v) is 8.03. The summed E-state index contributed by atoms with van der Waals surface area (Å²) in [4.78, 5) is 37.4. The Morgan fingerprint density at radius 2 is 2.10 bits per heavy atom. The van der Waals surface area contributed by atoms with E-state index in [9.17, 15) is 14.4 Å². The Bertz CT molecular complexity index is 540. The van der Waals surface area contributed by atoms with E-state index in [4.69, 9.17) is 5.11 Å². The molecule has 1 amide bonds. The van der Waals surface area contributed by atoms with Crippen LogP contribution in [0.5, 0.6) is 0 Å². The number of thioether (sulfide) groups is 1. The van der Waals surface area contributed by atoms with Gasteiger partial charge in [-0.3, -0.25) is 14.4 Å². The Balaban J connectivity index is 2.44. The van der Waals surface area contributed by atoms with Gasteiger partial charge >= 0.3 is 5.97 Å². The van der Waals surface area contributed by atoms with Gasteiger partial charge in [0.25, 0.3) is 0 Å². The van der Waals surface area contributed by atoms with E-state index in [0.29, 0.717) is 17.3 Å². The van der Waals surface area contributed by atoms with Crippen molar-refractivity contribution in [3.8, 4) is 0 Å². The number of thiazole rings is 1. The van der Waals surface area contributed by atoms with Gasteiger partial charge < -0.3 is 10.4 Å². The maximum atomic E-state index is 11.3. The number of rotatable bonds is 8. The first-order valence-electron chi connectivity index (χ1n) is 6.33.